The third kappa shape index (κ3) is 5.42. The minimum absolute atomic E-state index is 0.0184. The maximum absolute atomic E-state index is 12.6. The van der Waals surface area contributed by atoms with Crippen molar-refractivity contribution in [3.05, 3.63) is 54.1 Å². The molecule has 2 amide bonds. The number of hydrogen-bond donors (Lipinski definition) is 3. The molecule has 2 aromatic heterocycles. The maximum Gasteiger partial charge on any atom is 0.267 e. The summed E-state index contributed by atoms with van der Waals surface area (Å²) in [6.45, 7) is 3.08. The van der Waals surface area contributed by atoms with Gasteiger partial charge in [0, 0.05) is 24.9 Å². The largest absolute Gasteiger partial charge is 0.376 e. The van der Waals surface area contributed by atoms with Crippen LogP contribution in [-0.4, -0.2) is 40.5 Å². The Bertz CT molecular complexity index is 748. The van der Waals surface area contributed by atoms with Crippen LogP contribution in [0.3, 0.4) is 0 Å². The van der Waals surface area contributed by atoms with Gasteiger partial charge in [0.25, 0.3) is 5.91 Å². The predicted octanol–water partition coefficient (Wildman–Crippen LogP) is 2.42. The van der Waals surface area contributed by atoms with E-state index in [4.69, 9.17) is 4.74 Å². The number of amides is 2. The quantitative estimate of drug-likeness (QED) is 0.651. The van der Waals surface area contributed by atoms with Crippen LogP contribution < -0.4 is 10.6 Å². The number of H-pyrrole nitrogens is 1. The molecule has 28 heavy (non-hydrogen) atoms. The van der Waals surface area contributed by atoms with Crippen LogP contribution in [0.1, 0.15) is 48.8 Å². The molecule has 2 heterocycles. The van der Waals surface area contributed by atoms with E-state index in [1.54, 1.807) is 24.5 Å². The number of aromatic nitrogens is 2. The first kappa shape index (κ1) is 20.1. The van der Waals surface area contributed by atoms with E-state index < -0.39 is 0 Å². The van der Waals surface area contributed by atoms with E-state index in [1.165, 1.54) is 0 Å². The van der Waals surface area contributed by atoms with Gasteiger partial charge in [-0.3, -0.25) is 14.6 Å². The van der Waals surface area contributed by atoms with Crippen LogP contribution in [0.15, 0.2) is 42.7 Å². The minimum Gasteiger partial charge on any atom is -0.376 e. The fraction of sp³-hybridized carbons (Fsp3) is 0.476. The van der Waals surface area contributed by atoms with Gasteiger partial charge in [0.1, 0.15) is 5.69 Å². The van der Waals surface area contributed by atoms with E-state index in [-0.39, 0.29) is 29.9 Å². The molecule has 3 N–H and O–H groups in total. The molecule has 3 atom stereocenters. The van der Waals surface area contributed by atoms with Gasteiger partial charge in [-0.2, -0.15) is 0 Å². The first-order chi connectivity index (χ1) is 13.7. The van der Waals surface area contributed by atoms with Gasteiger partial charge in [0.15, 0.2) is 0 Å². The van der Waals surface area contributed by atoms with E-state index >= 15 is 0 Å². The fourth-order valence-corrected chi connectivity index (χ4v) is 3.53. The maximum atomic E-state index is 12.6. The number of carbonyl (C=O) groups excluding carboxylic acids is 2. The Hall–Kier alpha value is -2.67. The average molecular weight is 384 g/mol. The zero-order valence-corrected chi connectivity index (χ0v) is 16.2. The van der Waals surface area contributed by atoms with Crippen molar-refractivity contribution in [3.8, 4) is 0 Å². The number of ether oxygens (including phenoxy) is 1. The summed E-state index contributed by atoms with van der Waals surface area (Å²) in [4.78, 5) is 32.2. The first-order valence-electron chi connectivity index (χ1n) is 9.91. The molecule has 0 aliphatic heterocycles. The number of rotatable bonds is 8. The van der Waals surface area contributed by atoms with Crippen molar-refractivity contribution in [2.45, 2.75) is 51.3 Å². The van der Waals surface area contributed by atoms with Crippen LogP contribution in [-0.2, 0) is 16.1 Å². The lowest BCUT2D eigenvalue weighted by Gasteiger charge is -2.35. The summed E-state index contributed by atoms with van der Waals surface area (Å²) in [5.41, 5.74) is 1.37. The highest BCUT2D eigenvalue weighted by Gasteiger charge is 2.35. The topological polar surface area (TPSA) is 96.1 Å². The Morgan fingerprint density at radius 1 is 1.25 bits per heavy atom. The van der Waals surface area contributed by atoms with Crippen LogP contribution in [0, 0.1) is 5.92 Å². The molecular formula is C21H28N4O3. The number of nitrogens with zero attached hydrogens (tertiary/aromatic N) is 1. The Kier molecular flexibility index (Phi) is 7.19. The zero-order chi connectivity index (χ0) is 19.8. The Balaban J connectivity index is 1.56. The highest BCUT2D eigenvalue weighted by atomic mass is 16.5. The molecule has 7 heteroatoms. The third-order valence-corrected chi connectivity index (χ3v) is 5.03. The summed E-state index contributed by atoms with van der Waals surface area (Å²) in [5, 5.41) is 6.03. The third-order valence-electron chi connectivity index (χ3n) is 5.03. The van der Waals surface area contributed by atoms with Crippen molar-refractivity contribution in [2.24, 2.45) is 5.92 Å². The predicted molar refractivity (Wildman–Crippen MR) is 106 cm³/mol. The van der Waals surface area contributed by atoms with Gasteiger partial charge < -0.3 is 20.4 Å². The molecule has 150 valence electrons. The summed E-state index contributed by atoms with van der Waals surface area (Å²) in [5.74, 6) is -0.243. The van der Waals surface area contributed by atoms with Crippen molar-refractivity contribution < 1.29 is 14.3 Å². The molecular weight excluding hydrogens is 356 g/mol. The van der Waals surface area contributed by atoms with Gasteiger partial charge in [-0.1, -0.05) is 13.0 Å². The van der Waals surface area contributed by atoms with E-state index in [0.29, 0.717) is 31.7 Å². The molecule has 0 bridgehead atoms. The van der Waals surface area contributed by atoms with Gasteiger partial charge in [-0.05, 0) is 49.9 Å². The fourth-order valence-electron chi connectivity index (χ4n) is 3.53. The van der Waals surface area contributed by atoms with E-state index in [2.05, 4.69) is 20.6 Å². The molecule has 2 aromatic rings. The van der Waals surface area contributed by atoms with Crippen molar-refractivity contribution in [1.29, 1.82) is 0 Å². The molecule has 0 unspecified atom stereocenters. The Morgan fingerprint density at radius 3 is 2.86 bits per heavy atom. The van der Waals surface area contributed by atoms with Crippen LogP contribution >= 0.6 is 0 Å². The van der Waals surface area contributed by atoms with Crippen LogP contribution in [0.4, 0.5) is 0 Å². The molecule has 1 aliphatic carbocycles. The monoisotopic (exact) mass is 384 g/mol. The van der Waals surface area contributed by atoms with Crippen molar-refractivity contribution in [2.75, 3.05) is 6.61 Å². The smallest absolute Gasteiger partial charge is 0.267 e. The number of hydrogen-bond acceptors (Lipinski definition) is 4. The van der Waals surface area contributed by atoms with Gasteiger partial charge >= 0.3 is 0 Å². The lowest BCUT2D eigenvalue weighted by atomic mass is 9.83. The van der Waals surface area contributed by atoms with Crippen LogP contribution in [0.25, 0.3) is 0 Å². The van der Waals surface area contributed by atoms with Gasteiger partial charge in [0.05, 0.1) is 24.4 Å². The van der Waals surface area contributed by atoms with Gasteiger partial charge in [-0.25, -0.2) is 0 Å². The normalized spacial score (nSPS) is 21.8. The Labute approximate surface area is 165 Å². The molecule has 0 saturated heterocycles. The highest BCUT2D eigenvalue weighted by molar-refractivity contribution is 5.92. The summed E-state index contributed by atoms with van der Waals surface area (Å²) in [6.07, 6.45) is 6.20. The van der Waals surface area contributed by atoms with Crippen molar-refractivity contribution >= 4 is 11.8 Å². The van der Waals surface area contributed by atoms with Crippen molar-refractivity contribution in [3.63, 3.8) is 0 Å². The molecule has 1 fully saturated rings. The lowest BCUT2D eigenvalue weighted by molar-refractivity contribution is -0.128. The lowest BCUT2D eigenvalue weighted by Crippen LogP contribution is -2.50. The summed E-state index contributed by atoms with van der Waals surface area (Å²) < 4.78 is 5.99. The van der Waals surface area contributed by atoms with E-state index in [1.807, 2.05) is 25.1 Å². The van der Waals surface area contributed by atoms with Crippen LogP contribution in [0.2, 0.25) is 0 Å². The Morgan fingerprint density at radius 2 is 2.14 bits per heavy atom. The number of pyridine rings is 1. The summed E-state index contributed by atoms with van der Waals surface area (Å²) in [7, 11) is 0. The summed E-state index contributed by atoms with van der Waals surface area (Å²) >= 11 is 0. The minimum atomic E-state index is -0.168. The highest BCUT2D eigenvalue weighted by Crippen LogP contribution is 2.27. The van der Waals surface area contributed by atoms with Crippen LogP contribution in [0.5, 0.6) is 0 Å². The average Bonchev–Trinajstić information content (AvgIpc) is 3.27. The zero-order valence-electron chi connectivity index (χ0n) is 16.2. The number of nitrogens with one attached hydrogen (secondary N) is 3. The second-order valence-corrected chi connectivity index (χ2v) is 7.12. The van der Waals surface area contributed by atoms with Crippen molar-refractivity contribution in [1.82, 2.24) is 20.6 Å². The van der Waals surface area contributed by atoms with E-state index in [0.717, 1.165) is 18.5 Å². The molecule has 0 spiro atoms. The summed E-state index contributed by atoms with van der Waals surface area (Å²) in [6, 6.07) is 9.09. The SMILES string of the molecule is CCCO[C@@H]1C[C@@H](C(=O)NCc2ccccn2)CC[C@H]1NC(=O)c1ccc[nH]1. The van der Waals surface area contributed by atoms with Gasteiger partial charge in [-0.15, -0.1) is 0 Å². The second-order valence-electron chi connectivity index (χ2n) is 7.12. The van der Waals surface area contributed by atoms with E-state index in [9.17, 15) is 9.59 Å². The second kappa shape index (κ2) is 10.0. The molecule has 7 nitrogen and oxygen atoms in total. The molecule has 3 rings (SSSR count). The molecule has 0 aromatic carbocycles. The van der Waals surface area contributed by atoms with Gasteiger partial charge in [0.2, 0.25) is 5.91 Å². The number of aromatic amines is 1. The molecule has 0 radical (unpaired) electrons. The molecule has 1 saturated carbocycles. The standard InChI is InChI=1S/C21H28N4O3/c1-2-12-28-19-13-15(20(26)24-14-16-6-3-4-10-22-16)8-9-17(19)25-21(27)18-7-5-11-23-18/h3-7,10-11,15,17,19,23H,2,8-9,12-14H2,1H3,(H,24,26)(H,25,27)/t15-,17+,19+/m0/s1. The molecule has 1 aliphatic rings. The first-order valence-corrected chi connectivity index (χ1v) is 9.91. The number of carbonyl (C=O) groups is 2.